The summed E-state index contributed by atoms with van der Waals surface area (Å²) in [7, 11) is 0. The molecule has 0 bridgehead atoms. The lowest BCUT2D eigenvalue weighted by Crippen LogP contribution is -3.11. The summed E-state index contributed by atoms with van der Waals surface area (Å²) in [5.41, 5.74) is 7.77. The molecule has 3 N–H and O–H groups in total. The lowest BCUT2D eigenvalue weighted by Gasteiger charge is -2.28. The van der Waals surface area contributed by atoms with Gasteiger partial charge in [-0.05, 0) is 38.5 Å². The Bertz CT molecular complexity index is 1110. The zero-order valence-electron chi connectivity index (χ0n) is 18.0. The molecule has 1 aliphatic heterocycles. The molecule has 1 aromatic heterocycles. The summed E-state index contributed by atoms with van der Waals surface area (Å²) in [6.07, 6.45) is 0.868. The predicted molar refractivity (Wildman–Crippen MR) is 123 cm³/mol. The van der Waals surface area contributed by atoms with Crippen LogP contribution in [0.4, 0.5) is 0 Å². The second kappa shape index (κ2) is 9.78. The molecule has 2 heterocycles. The number of fused-ring (bicyclic) bond motifs is 1. The van der Waals surface area contributed by atoms with E-state index >= 15 is 0 Å². The maximum Gasteiger partial charge on any atom is 0.258 e. The smallest absolute Gasteiger partial charge is 0.258 e. The van der Waals surface area contributed by atoms with Crippen LogP contribution in [0, 0.1) is 18.3 Å². The molecule has 0 unspecified atom stereocenters. The molecule has 0 aliphatic carbocycles. The fourth-order valence-corrected chi connectivity index (χ4v) is 4.62. The minimum atomic E-state index is -0.716. The highest BCUT2D eigenvalue weighted by Crippen LogP contribution is 2.43. The Labute approximate surface area is 192 Å². The minimum Gasteiger partial charge on any atom is -0.440 e. The number of halogens is 2. The molecule has 31 heavy (non-hydrogen) atoms. The Hall–Kier alpha value is -2.46. The zero-order valence-corrected chi connectivity index (χ0v) is 19.5. The van der Waals surface area contributed by atoms with E-state index in [2.05, 4.69) is 19.9 Å². The summed E-state index contributed by atoms with van der Waals surface area (Å²) in [5, 5.41) is 10.6. The maximum absolute atomic E-state index is 13.6. The first-order valence-corrected chi connectivity index (χ1v) is 11.2. The van der Waals surface area contributed by atoms with E-state index in [1.807, 2.05) is 6.92 Å². The van der Waals surface area contributed by atoms with E-state index in [1.54, 1.807) is 28.8 Å². The van der Waals surface area contributed by atoms with Gasteiger partial charge in [-0.15, -0.1) is 0 Å². The normalized spacial score (nSPS) is 15.6. The Kier molecular flexibility index (Phi) is 7.32. The van der Waals surface area contributed by atoms with E-state index in [0.29, 0.717) is 33.5 Å². The molecule has 0 radical (unpaired) electrons. The Morgan fingerprint density at radius 2 is 1.97 bits per heavy atom. The monoisotopic (exact) mass is 461 g/mol. The van der Waals surface area contributed by atoms with Crippen molar-refractivity contribution in [1.82, 2.24) is 4.57 Å². The number of nitriles is 1. The first-order valence-electron chi connectivity index (χ1n) is 10.4. The van der Waals surface area contributed by atoms with Crippen LogP contribution in [0.3, 0.4) is 0 Å². The number of allylic oxidation sites excluding steroid dienone is 1. The molecule has 1 aromatic carbocycles. The summed E-state index contributed by atoms with van der Waals surface area (Å²) in [5.74, 6) is -0.375. The van der Waals surface area contributed by atoms with Gasteiger partial charge in [-0.3, -0.25) is 4.79 Å². The van der Waals surface area contributed by atoms with Crippen molar-refractivity contribution >= 4 is 23.2 Å². The van der Waals surface area contributed by atoms with Gasteiger partial charge in [0.1, 0.15) is 17.4 Å². The number of ether oxygens (including phenoxy) is 1. The van der Waals surface area contributed by atoms with E-state index in [1.165, 1.54) is 4.90 Å². The summed E-state index contributed by atoms with van der Waals surface area (Å²) < 4.78 is 7.44. The number of hydrogen-bond donors (Lipinski definition) is 2. The summed E-state index contributed by atoms with van der Waals surface area (Å²) >= 11 is 12.5. The van der Waals surface area contributed by atoms with Crippen LogP contribution in [0.25, 0.3) is 0 Å². The van der Waals surface area contributed by atoms with Crippen molar-refractivity contribution in [1.29, 1.82) is 5.26 Å². The van der Waals surface area contributed by atoms with Crippen LogP contribution in [0.1, 0.15) is 43.0 Å². The Balaban J connectivity index is 2.11. The molecule has 1 atom stereocenters. The highest BCUT2D eigenvalue weighted by atomic mass is 35.5. The number of nitrogens with two attached hydrogens (primary N) is 1. The molecule has 0 saturated heterocycles. The number of benzene rings is 1. The molecule has 0 spiro atoms. The summed E-state index contributed by atoms with van der Waals surface area (Å²) in [6.45, 7) is 9.86. The SMILES string of the molecule is CC[NH+](CC)CCCn1c(C)cc2c(c1=O)[C@H](c1ccc(Cl)cc1Cl)C(C#N)=C(N)O2. The molecule has 2 aromatic rings. The molecule has 0 fully saturated rings. The Morgan fingerprint density at radius 3 is 2.58 bits per heavy atom. The lowest BCUT2D eigenvalue weighted by molar-refractivity contribution is -0.896. The van der Waals surface area contributed by atoms with Crippen LogP contribution in [-0.4, -0.2) is 24.2 Å². The van der Waals surface area contributed by atoms with Crippen molar-refractivity contribution < 1.29 is 9.64 Å². The summed E-state index contributed by atoms with van der Waals surface area (Å²) in [4.78, 5) is 15.1. The average molecular weight is 462 g/mol. The molecule has 1 aliphatic rings. The number of aromatic nitrogens is 1. The van der Waals surface area contributed by atoms with Gasteiger partial charge in [0, 0.05) is 34.8 Å². The number of aryl methyl sites for hydroxylation is 1. The third-order valence-electron chi connectivity index (χ3n) is 5.88. The van der Waals surface area contributed by atoms with Gasteiger partial charge in [0.05, 0.1) is 31.1 Å². The molecular weight excluding hydrogens is 435 g/mol. The van der Waals surface area contributed by atoms with Gasteiger partial charge in [-0.1, -0.05) is 29.3 Å². The van der Waals surface area contributed by atoms with Crippen LogP contribution in [0.5, 0.6) is 5.75 Å². The summed E-state index contributed by atoms with van der Waals surface area (Å²) in [6, 6.07) is 8.91. The second-order valence-corrected chi connectivity index (χ2v) is 8.52. The van der Waals surface area contributed by atoms with Crippen molar-refractivity contribution in [2.45, 2.75) is 39.7 Å². The molecule has 164 valence electrons. The number of pyridine rings is 1. The van der Waals surface area contributed by atoms with Gasteiger partial charge in [-0.25, -0.2) is 0 Å². The first kappa shape index (κ1) is 23.2. The van der Waals surface area contributed by atoms with E-state index in [0.717, 1.165) is 31.7 Å². The fraction of sp³-hybridized carbons (Fsp3) is 0.391. The standard InChI is InChI=1S/C23H26Cl2N4O2/c1-4-28(5-2)9-6-10-29-14(3)11-19-21(23(29)30)20(17(13-26)22(27)31-19)16-8-7-15(24)12-18(16)25/h7-8,11-12,20H,4-6,9-10,27H2,1-3H3/p+1/t20-/m1/s1. The van der Waals surface area contributed by atoms with Crippen molar-refractivity contribution in [2.75, 3.05) is 19.6 Å². The van der Waals surface area contributed by atoms with Crippen molar-refractivity contribution in [3.63, 3.8) is 0 Å². The number of quaternary nitrogens is 1. The molecule has 6 nitrogen and oxygen atoms in total. The highest BCUT2D eigenvalue weighted by molar-refractivity contribution is 6.35. The quantitative estimate of drug-likeness (QED) is 0.663. The van der Waals surface area contributed by atoms with Crippen LogP contribution >= 0.6 is 23.2 Å². The second-order valence-electron chi connectivity index (χ2n) is 7.67. The maximum atomic E-state index is 13.6. The number of hydrogen-bond acceptors (Lipinski definition) is 4. The van der Waals surface area contributed by atoms with Gasteiger partial charge >= 0.3 is 0 Å². The van der Waals surface area contributed by atoms with Crippen LogP contribution in [-0.2, 0) is 6.54 Å². The average Bonchev–Trinajstić information content (AvgIpc) is 2.72. The van der Waals surface area contributed by atoms with E-state index < -0.39 is 5.92 Å². The Morgan fingerprint density at radius 1 is 1.26 bits per heavy atom. The van der Waals surface area contributed by atoms with Crippen LogP contribution < -0.4 is 20.9 Å². The van der Waals surface area contributed by atoms with Crippen molar-refractivity contribution in [2.24, 2.45) is 5.73 Å². The minimum absolute atomic E-state index is 0.0206. The molecular formula is C23H27Cl2N4O2+. The fourth-order valence-electron chi connectivity index (χ4n) is 4.10. The van der Waals surface area contributed by atoms with Crippen molar-refractivity contribution in [3.8, 4) is 11.8 Å². The lowest BCUT2D eigenvalue weighted by atomic mass is 9.84. The largest absolute Gasteiger partial charge is 0.440 e. The molecule has 3 rings (SSSR count). The highest BCUT2D eigenvalue weighted by Gasteiger charge is 2.35. The number of nitrogens with zero attached hydrogens (tertiary/aromatic N) is 2. The molecule has 0 amide bonds. The molecule has 8 heteroatoms. The van der Waals surface area contributed by atoms with E-state index in [-0.39, 0.29) is 17.0 Å². The third-order valence-corrected chi connectivity index (χ3v) is 6.44. The van der Waals surface area contributed by atoms with Crippen LogP contribution in [0.15, 0.2) is 40.5 Å². The topological polar surface area (TPSA) is 85.5 Å². The van der Waals surface area contributed by atoms with Gasteiger partial charge in [-0.2, -0.15) is 5.26 Å². The van der Waals surface area contributed by atoms with E-state index in [4.69, 9.17) is 33.7 Å². The predicted octanol–water partition coefficient (Wildman–Crippen LogP) is 3.00. The third kappa shape index (κ3) is 4.59. The van der Waals surface area contributed by atoms with E-state index in [9.17, 15) is 10.1 Å². The first-order chi connectivity index (χ1) is 14.8. The van der Waals surface area contributed by atoms with Gasteiger partial charge in [0.15, 0.2) is 0 Å². The van der Waals surface area contributed by atoms with Gasteiger partial charge in [0.25, 0.3) is 5.56 Å². The van der Waals surface area contributed by atoms with Crippen molar-refractivity contribution in [3.05, 3.63) is 72.9 Å². The van der Waals surface area contributed by atoms with Crippen LogP contribution in [0.2, 0.25) is 10.0 Å². The molecule has 0 saturated carbocycles. The zero-order chi connectivity index (χ0) is 22.7. The number of nitrogens with one attached hydrogen (secondary N) is 1. The van der Waals surface area contributed by atoms with Gasteiger partial charge in [0.2, 0.25) is 5.88 Å². The van der Waals surface area contributed by atoms with Gasteiger partial charge < -0.3 is 19.9 Å². The number of rotatable bonds is 7.